The maximum Gasteiger partial charge on any atom is 0.433 e. The van der Waals surface area contributed by atoms with Crippen LogP contribution in [0.5, 0.6) is 5.88 Å². The van der Waals surface area contributed by atoms with Gasteiger partial charge < -0.3 is 15.0 Å². The number of nitrogens with one attached hydrogen (secondary N) is 1. The van der Waals surface area contributed by atoms with Crippen LogP contribution in [0, 0.1) is 0 Å². The summed E-state index contributed by atoms with van der Waals surface area (Å²) in [5.41, 5.74) is -1.74. The van der Waals surface area contributed by atoms with Crippen molar-refractivity contribution in [3.63, 3.8) is 0 Å². The maximum atomic E-state index is 12.6. The van der Waals surface area contributed by atoms with Crippen LogP contribution >= 0.6 is 0 Å². The van der Waals surface area contributed by atoms with Gasteiger partial charge in [0.1, 0.15) is 11.8 Å². The number of hydrogen-bond donors (Lipinski definition) is 1. The minimum atomic E-state index is -4.59. The first-order valence-electron chi connectivity index (χ1n) is 7.96. The number of aromatic nitrogens is 1. The summed E-state index contributed by atoms with van der Waals surface area (Å²) in [7, 11) is 0. The van der Waals surface area contributed by atoms with E-state index >= 15 is 0 Å². The van der Waals surface area contributed by atoms with E-state index < -0.39 is 35.7 Å². The Kier molecular flexibility index (Phi) is 5.09. The van der Waals surface area contributed by atoms with Gasteiger partial charge in [-0.25, -0.2) is 9.78 Å². The van der Waals surface area contributed by atoms with Crippen molar-refractivity contribution >= 4 is 11.7 Å². The lowest BCUT2D eigenvalue weighted by molar-refractivity contribution is -0.141. The van der Waals surface area contributed by atoms with Crippen molar-refractivity contribution in [1.82, 2.24) is 9.88 Å². The molecule has 0 unspecified atom stereocenters. The fourth-order valence-electron chi connectivity index (χ4n) is 2.43. The molecule has 0 bridgehead atoms. The average Bonchev–Trinajstić information content (AvgIpc) is 2.57. The highest BCUT2D eigenvalue weighted by Gasteiger charge is 2.35. The van der Waals surface area contributed by atoms with Crippen LogP contribution in [0.4, 0.5) is 36.8 Å². The number of amides is 2. The highest BCUT2D eigenvalue weighted by molar-refractivity contribution is 5.89. The zero-order valence-electron chi connectivity index (χ0n) is 14.0. The first kappa shape index (κ1) is 19.8. The predicted octanol–water partition coefficient (Wildman–Crippen LogP) is 4.41. The van der Waals surface area contributed by atoms with E-state index in [2.05, 4.69) is 10.3 Å². The number of likely N-dealkylation sites (tertiary alicyclic amines) is 1. The summed E-state index contributed by atoms with van der Waals surface area (Å²) in [6.07, 6.45) is -9.59. The van der Waals surface area contributed by atoms with Gasteiger partial charge in [0.15, 0.2) is 0 Å². The SMILES string of the molecule is O=C(Nc1ccc(C(F)(F)F)cc1)N1CC(Oc2cccc(C(F)(F)F)n2)C1. The molecule has 2 aromatic rings. The van der Waals surface area contributed by atoms with E-state index in [1.165, 1.54) is 17.0 Å². The molecule has 0 radical (unpaired) electrons. The summed E-state index contributed by atoms with van der Waals surface area (Å²) in [4.78, 5) is 16.7. The molecule has 1 fully saturated rings. The number of carbonyl (C=O) groups excluding carboxylic acids is 1. The molecule has 11 heteroatoms. The molecule has 1 N–H and O–H groups in total. The molecular weight excluding hydrogens is 392 g/mol. The molecule has 2 amide bonds. The lowest BCUT2D eigenvalue weighted by atomic mass is 10.2. The van der Waals surface area contributed by atoms with Crippen LogP contribution < -0.4 is 10.1 Å². The topological polar surface area (TPSA) is 54.5 Å². The molecule has 28 heavy (non-hydrogen) atoms. The molecule has 0 spiro atoms. The molecule has 150 valence electrons. The summed E-state index contributed by atoms with van der Waals surface area (Å²) < 4.78 is 80.7. The number of urea groups is 1. The number of pyridine rings is 1. The van der Waals surface area contributed by atoms with Crippen molar-refractivity contribution in [2.45, 2.75) is 18.5 Å². The summed E-state index contributed by atoms with van der Waals surface area (Å²) in [6, 6.07) is 6.64. The van der Waals surface area contributed by atoms with Gasteiger partial charge >= 0.3 is 18.4 Å². The van der Waals surface area contributed by atoms with Crippen molar-refractivity contribution in [2.24, 2.45) is 0 Å². The van der Waals surface area contributed by atoms with E-state index in [0.29, 0.717) is 0 Å². The van der Waals surface area contributed by atoms with Crippen LogP contribution in [0.1, 0.15) is 11.3 Å². The number of benzene rings is 1. The molecule has 1 aliphatic heterocycles. The van der Waals surface area contributed by atoms with E-state index in [1.54, 1.807) is 0 Å². The molecule has 1 aromatic heterocycles. The Morgan fingerprint density at radius 1 is 1.00 bits per heavy atom. The predicted molar refractivity (Wildman–Crippen MR) is 85.7 cm³/mol. The lowest BCUT2D eigenvalue weighted by Crippen LogP contribution is -2.57. The quantitative estimate of drug-likeness (QED) is 0.770. The average molecular weight is 405 g/mol. The van der Waals surface area contributed by atoms with Crippen LogP contribution in [-0.2, 0) is 12.4 Å². The second kappa shape index (κ2) is 7.21. The second-order valence-corrected chi connectivity index (χ2v) is 6.01. The zero-order chi connectivity index (χ0) is 20.5. The minimum absolute atomic E-state index is 0.102. The van der Waals surface area contributed by atoms with Gasteiger partial charge in [-0.15, -0.1) is 0 Å². The van der Waals surface area contributed by atoms with Gasteiger partial charge in [-0.2, -0.15) is 26.3 Å². The van der Waals surface area contributed by atoms with Gasteiger partial charge in [0, 0.05) is 11.8 Å². The van der Waals surface area contributed by atoms with E-state index in [1.807, 2.05) is 0 Å². The number of anilines is 1. The summed E-state index contributed by atoms with van der Waals surface area (Å²) in [5, 5.41) is 2.44. The Hall–Kier alpha value is -2.98. The number of rotatable bonds is 3. The van der Waals surface area contributed by atoms with Gasteiger partial charge in [-0.05, 0) is 30.3 Å². The number of alkyl halides is 6. The largest absolute Gasteiger partial charge is 0.471 e. The van der Waals surface area contributed by atoms with Crippen molar-refractivity contribution in [2.75, 3.05) is 18.4 Å². The molecule has 3 rings (SSSR count). The molecule has 2 heterocycles. The monoisotopic (exact) mass is 405 g/mol. The Morgan fingerprint density at radius 3 is 2.21 bits per heavy atom. The normalized spacial score (nSPS) is 15.1. The van der Waals surface area contributed by atoms with Crippen LogP contribution in [0.25, 0.3) is 0 Å². The van der Waals surface area contributed by atoms with E-state index in [0.717, 1.165) is 30.3 Å². The molecule has 1 aromatic carbocycles. The minimum Gasteiger partial charge on any atom is -0.471 e. The molecular formula is C17H13F6N3O2. The first-order valence-corrected chi connectivity index (χ1v) is 7.96. The van der Waals surface area contributed by atoms with Gasteiger partial charge in [0.05, 0.1) is 18.7 Å². The fraction of sp³-hybridized carbons (Fsp3) is 0.294. The van der Waals surface area contributed by atoms with Crippen LogP contribution in [0.15, 0.2) is 42.5 Å². The molecule has 0 atom stereocenters. The fourth-order valence-corrected chi connectivity index (χ4v) is 2.43. The molecule has 5 nitrogen and oxygen atoms in total. The molecule has 1 saturated heterocycles. The lowest BCUT2D eigenvalue weighted by Gasteiger charge is -2.38. The van der Waals surface area contributed by atoms with Gasteiger partial charge in [-0.1, -0.05) is 6.07 Å². The third-order valence-electron chi connectivity index (χ3n) is 3.90. The smallest absolute Gasteiger partial charge is 0.433 e. The van der Waals surface area contributed by atoms with Crippen molar-refractivity contribution in [1.29, 1.82) is 0 Å². The van der Waals surface area contributed by atoms with Crippen molar-refractivity contribution in [3.05, 3.63) is 53.7 Å². The Labute approximate surface area is 154 Å². The number of ether oxygens (including phenoxy) is 1. The second-order valence-electron chi connectivity index (χ2n) is 6.01. The first-order chi connectivity index (χ1) is 13.0. The van der Waals surface area contributed by atoms with Gasteiger partial charge in [0.25, 0.3) is 0 Å². The summed E-state index contributed by atoms with van der Waals surface area (Å²) in [6.45, 7) is 0.203. The Balaban J connectivity index is 1.50. The van der Waals surface area contributed by atoms with E-state index in [4.69, 9.17) is 4.74 Å². The van der Waals surface area contributed by atoms with Crippen LogP contribution in [0.3, 0.4) is 0 Å². The zero-order valence-corrected chi connectivity index (χ0v) is 14.0. The summed E-state index contributed by atoms with van der Waals surface area (Å²) in [5.74, 6) is -0.206. The van der Waals surface area contributed by atoms with E-state index in [-0.39, 0.29) is 24.7 Å². The third-order valence-corrected chi connectivity index (χ3v) is 3.90. The van der Waals surface area contributed by atoms with Gasteiger partial charge in [-0.3, -0.25) is 0 Å². The number of halogens is 6. The van der Waals surface area contributed by atoms with E-state index in [9.17, 15) is 31.1 Å². The Morgan fingerprint density at radius 2 is 1.64 bits per heavy atom. The van der Waals surface area contributed by atoms with Crippen molar-refractivity contribution in [3.8, 4) is 5.88 Å². The van der Waals surface area contributed by atoms with Crippen molar-refractivity contribution < 1.29 is 35.9 Å². The van der Waals surface area contributed by atoms with Crippen LogP contribution in [-0.4, -0.2) is 35.1 Å². The highest BCUT2D eigenvalue weighted by Crippen LogP contribution is 2.30. The number of hydrogen-bond acceptors (Lipinski definition) is 3. The van der Waals surface area contributed by atoms with Gasteiger partial charge in [0.2, 0.25) is 5.88 Å². The molecule has 0 aliphatic carbocycles. The standard InChI is InChI=1S/C17H13F6N3O2/c18-16(19,20)10-4-6-11(7-5-10)24-15(27)26-8-12(9-26)28-14-3-1-2-13(25-14)17(21,22)23/h1-7,12H,8-9H2,(H,24,27). The Bertz CT molecular complexity index is 845. The maximum absolute atomic E-state index is 12.6. The molecule has 1 aliphatic rings. The highest BCUT2D eigenvalue weighted by atomic mass is 19.4. The number of carbonyl (C=O) groups is 1. The third kappa shape index (κ3) is 4.65. The number of nitrogens with zero attached hydrogens (tertiary/aromatic N) is 2. The van der Waals surface area contributed by atoms with Crippen LogP contribution in [0.2, 0.25) is 0 Å². The summed E-state index contributed by atoms with van der Waals surface area (Å²) >= 11 is 0. The molecule has 0 saturated carbocycles.